The molecule has 5 nitrogen and oxygen atoms in total. The summed E-state index contributed by atoms with van der Waals surface area (Å²) in [5, 5.41) is 4.52. The van der Waals surface area contributed by atoms with E-state index in [9.17, 15) is 4.39 Å². The number of halogens is 1. The highest BCUT2D eigenvalue weighted by Gasteiger charge is 2.28. The van der Waals surface area contributed by atoms with E-state index in [1.54, 1.807) is 30.5 Å². The minimum absolute atomic E-state index is 0.0599. The zero-order chi connectivity index (χ0) is 18.7. The van der Waals surface area contributed by atoms with Gasteiger partial charge in [0.15, 0.2) is 5.96 Å². The Hall–Kier alpha value is -1.99. The van der Waals surface area contributed by atoms with E-state index in [4.69, 9.17) is 4.74 Å². The lowest BCUT2D eigenvalue weighted by atomic mass is 10.1. The van der Waals surface area contributed by atoms with Crippen LogP contribution in [-0.2, 0) is 11.3 Å². The summed E-state index contributed by atoms with van der Waals surface area (Å²) in [6.45, 7) is 8.25. The van der Waals surface area contributed by atoms with E-state index in [2.05, 4.69) is 20.2 Å². The van der Waals surface area contributed by atoms with Crippen LogP contribution in [0.25, 0.3) is 0 Å². The zero-order valence-electron chi connectivity index (χ0n) is 15.6. The molecule has 140 valence electrons. The van der Waals surface area contributed by atoms with E-state index < -0.39 is 0 Å². The summed E-state index contributed by atoms with van der Waals surface area (Å²) in [4.78, 5) is 12.3. The molecular weight excluding hydrogens is 351 g/mol. The lowest BCUT2D eigenvalue weighted by Crippen LogP contribution is -2.50. The Labute approximate surface area is 157 Å². The summed E-state index contributed by atoms with van der Waals surface area (Å²) < 4.78 is 19.3. The summed E-state index contributed by atoms with van der Waals surface area (Å²) in [7, 11) is 1.79. The van der Waals surface area contributed by atoms with Gasteiger partial charge in [0.2, 0.25) is 0 Å². The van der Waals surface area contributed by atoms with E-state index >= 15 is 0 Å². The molecule has 1 aromatic carbocycles. The van der Waals surface area contributed by atoms with Crippen LogP contribution in [0.5, 0.6) is 0 Å². The third kappa shape index (κ3) is 4.40. The van der Waals surface area contributed by atoms with Gasteiger partial charge in [0.1, 0.15) is 11.9 Å². The van der Waals surface area contributed by atoms with Gasteiger partial charge in [0.25, 0.3) is 0 Å². The number of nitrogens with one attached hydrogen (secondary N) is 1. The number of aromatic nitrogens is 1. The maximum atomic E-state index is 13.2. The molecule has 1 aliphatic heterocycles. The van der Waals surface area contributed by atoms with Gasteiger partial charge in [-0.15, -0.1) is 11.3 Å². The van der Waals surface area contributed by atoms with Gasteiger partial charge in [-0.3, -0.25) is 4.99 Å². The predicted octanol–water partition coefficient (Wildman–Crippen LogP) is 3.44. The summed E-state index contributed by atoms with van der Waals surface area (Å²) in [6.07, 6.45) is -0.0463. The first-order chi connectivity index (χ1) is 12.5. The van der Waals surface area contributed by atoms with Gasteiger partial charge in [0.05, 0.1) is 29.9 Å². The SMILES string of the molecule is CN=C(NCc1sc(C)nc1C)N1CC(C)OC(c2ccc(F)cc2)C1. The number of hydrogen-bond donors (Lipinski definition) is 1. The molecule has 0 amide bonds. The first-order valence-electron chi connectivity index (χ1n) is 8.75. The van der Waals surface area contributed by atoms with Crippen molar-refractivity contribution in [3.05, 3.63) is 51.2 Å². The first kappa shape index (κ1) is 18.8. The summed E-state index contributed by atoms with van der Waals surface area (Å²) >= 11 is 1.71. The average molecular weight is 377 g/mol. The van der Waals surface area contributed by atoms with E-state index in [0.29, 0.717) is 13.1 Å². The summed E-state index contributed by atoms with van der Waals surface area (Å²) in [5.74, 6) is 0.611. The molecule has 1 aliphatic rings. The van der Waals surface area contributed by atoms with Crippen molar-refractivity contribution in [2.45, 2.75) is 39.5 Å². The lowest BCUT2D eigenvalue weighted by Gasteiger charge is -2.38. The third-order valence-corrected chi connectivity index (χ3v) is 5.49. The first-order valence-corrected chi connectivity index (χ1v) is 9.57. The Kier molecular flexibility index (Phi) is 5.88. The average Bonchev–Trinajstić information content (AvgIpc) is 2.93. The van der Waals surface area contributed by atoms with Gasteiger partial charge in [-0.1, -0.05) is 12.1 Å². The quantitative estimate of drug-likeness (QED) is 0.659. The van der Waals surface area contributed by atoms with Crippen molar-refractivity contribution >= 4 is 17.3 Å². The van der Waals surface area contributed by atoms with Crippen LogP contribution in [0.3, 0.4) is 0 Å². The van der Waals surface area contributed by atoms with Crippen LogP contribution in [0, 0.1) is 19.7 Å². The van der Waals surface area contributed by atoms with Gasteiger partial charge in [-0.25, -0.2) is 9.37 Å². The van der Waals surface area contributed by atoms with Crippen LogP contribution in [-0.4, -0.2) is 42.1 Å². The van der Waals surface area contributed by atoms with Crippen molar-refractivity contribution in [1.29, 1.82) is 0 Å². The molecule has 1 saturated heterocycles. The number of guanidine groups is 1. The molecule has 1 aromatic heterocycles. The summed E-state index contributed by atoms with van der Waals surface area (Å²) in [5.41, 5.74) is 2.04. The fourth-order valence-corrected chi connectivity index (χ4v) is 4.09. The molecule has 26 heavy (non-hydrogen) atoms. The van der Waals surface area contributed by atoms with Crippen LogP contribution in [0.4, 0.5) is 4.39 Å². The van der Waals surface area contributed by atoms with Gasteiger partial charge in [-0.05, 0) is 38.5 Å². The second-order valence-electron chi connectivity index (χ2n) is 6.53. The minimum atomic E-state index is -0.234. The highest BCUT2D eigenvalue weighted by atomic mass is 32.1. The fraction of sp³-hybridized carbons (Fsp3) is 0.474. The Balaban J connectivity index is 1.69. The highest BCUT2D eigenvalue weighted by molar-refractivity contribution is 7.11. The lowest BCUT2D eigenvalue weighted by molar-refractivity contribution is -0.0605. The van der Waals surface area contributed by atoms with Gasteiger partial charge >= 0.3 is 0 Å². The molecule has 0 radical (unpaired) electrons. The Morgan fingerprint density at radius 3 is 2.69 bits per heavy atom. The number of thiazole rings is 1. The topological polar surface area (TPSA) is 49.8 Å². The van der Waals surface area contributed by atoms with Crippen LogP contribution >= 0.6 is 11.3 Å². The molecule has 2 aromatic rings. The number of benzene rings is 1. The monoisotopic (exact) mass is 376 g/mol. The number of hydrogen-bond acceptors (Lipinski definition) is 4. The highest BCUT2D eigenvalue weighted by Crippen LogP contribution is 2.25. The van der Waals surface area contributed by atoms with Crippen LogP contribution < -0.4 is 5.32 Å². The predicted molar refractivity (Wildman–Crippen MR) is 103 cm³/mol. The second kappa shape index (κ2) is 8.14. The third-order valence-electron chi connectivity index (χ3n) is 4.42. The largest absolute Gasteiger partial charge is 0.367 e. The Morgan fingerprint density at radius 2 is 2.08 bits per heavy atom. The molecule has 1 fully saturated rings. The van der Waals surface area contributed by atoms with Crippen molar-refractivity contribution < 1.29 is 9.13 Å². The van der Waals surface area contributed by atoms with Crippen molar-refractivity contribution in [2.24, 2.45) is 4.99 Å². The van der Waals surface area contributed by atoms with Crippen molar-refractivity contribution in [3.63, 3.8) is 0 Å². The number of rotatable bonds is 3. The van der Waals surface area contributed by atoms with E-state index in [-0.39, 0.29) is 18.0 Å². The molecule has 1 N–H and O–H groups in total. The smallest absolute Gasteiger partial charge is 0.194 e. The fourth-order valence-electron chi connectivity index (χ4n) is 3.22. The molecule has 7 heteroatoms. The molecule has 0 bridgehead atoms. The number of aliphatic imine (C=N–C) groups is 1. The zero-order valence-corrected chi connectivity index (χ0v) is 16.4. The Morgan fingerprint density at radius 1 is 1.35 bits per heavy atom. The maximum Gasteiger partial charge on any atom is 0.194 e. The summed E-state index contributed by atoms with van der Waals surface area (Å²) in [6, 6.07) is 6.53. The second-order valence-corrected chi connectivity index (χ2v) is 7.82. The molecule has 3 rings (SSSR count). The van der Waals surface area contributed by atoms with Crippen LogP contribution in [0.1, 0.15) is 34.2 Å². The standard InChI is InChI=1S/C19H25FN4OS/c1-12-10-24(11-17(25-12)15-5-7-16(20)8-6-15)19(21-4)22-9-18-13(2)23-14(3)26-18/h5-8,12,17H,9-11H2,1-4H3,(H,21,22). The van der Waals surface area contributed by atoms with E-state index in [1.165, 1.54) is 17.0 Å². The minimum Gasteiger partial charge on any atom is -0.367 e. The van der Waals surface area contributed by atoms with Crippen molar-refractivity contribution in [2.75, 3.05) is 20.1 Å². The molecule has 2 unspecified atom stereocenters. The van der Waals surface area contributed by atoms with Crippen molar-refractivity contribution in [3.8, 4) is 0 Å². The Bertz CT molecular complexity index is 774. The number of aryl methyl sites for hydroxylation is 2. The van der Waals surface area contributed by atoms with Gasteiger partial charge < -0.3 is 15.0 Å². The van der Waals surface area contributed by atoms with Crippen LogP contribution in [0.15, 0.2) is 29.3 Å². The maximum absolute atomic E-state index is 13.2. The van der Waals surface area contributed by atoms with Gasteiger partial charge in [-0.2, -0.15) is 0 Å². The molecule has 2 atom stereocenters. The molecule has 0 aliphatic carbocycles. The van der Waals surface area contributed by atoms with E-state index in [0.717, 1.165) is 28.8 Å². The normalized spacial score (nSPS) is 21.1. The molecule has 2 heterocycles. The number of morpholine rings is 1. The van der Waals surface area contributed by atoms with E-state index in [1.807, 2.05) is 20.8 Å². The number of nitrogens with zero attached hydrogens (tertiary/aromatic N) is 3. The molecular formula is C19H25FN4OS. The number of ether oxygens (including phenoxy) is 1. The molecule has 0 spiro atoms. The molecule has 0 saturated carbocycles. The van der Waals surface area contributed by atoms with Gasteiger partial charge in [0, 0.05) is 18.5 Å². The van der Waals surface area contributed by atoms with Crippen LogP contribution in [0.2, 0.25) is 0 Å². The van der Waals surface area contributed by atoms with Crippen molar-refractivity contribution in [1.82, 2.24) is 15.2 Å².